The number of nitrogens with two attached hydrogens (primary N) is 1. The number of nitriles is 1. The lowest BCUT2D eigenvalue weighted by atomic mass is 10.1. The van der Waals surface area contributed by atoms with Crippen molar-refractivity contribution in [1.29, 1.82) is 5.26 Å². The van der Waals surface area contributed by atoms with E-state index in [0.717, 1.165) is 0 Å². The number of ether oxygens (including phenoxy) is 1. The monoisotopic (exact) mass is 314 g/mol. The summed E-state index contributed by atoms with van der Waals surface area (Å²) >= 11 is 0. The van der Waals surface area contributed by atoms with E-state index in [0.29, 0.717) is 11.1 Å². The van der Waals surface area contributed by atoms with Gasteiger partial charge in [0.2, 0.25) is 5.88 Å². The van der Waals surface area contributed by atoms with Crippen LogP contribution >= 0.6 is 0 Å². The molecule has 8 heteroatoms. The number of aromatic nitrogens is 2. The van der Waals surface area contributed by atoms with Crippen LogP contribution in [0.25, 0.3) is 11.4 Å². The molecule has 0 aliphatic carbocycles. The van der Waals surface area contributed by atoms with E-state index in [9.17, 15) is 15.0 Å². The second-order valence-corrected chi connectivity index (χ2v) is 4.77. The Hall–Kier alpha value is -3.18. The minimum Gasteiger partial charge on any atom is -0.477 e. The van der Waals surface area contributed by atoms with Gasteiger partial charge in [-0.15, -0.1) is 0 Å². The Balaban J connectivity index is 2.53. The van der Waals surface area contributed by atoms with Crippen molar-refractivity contribution in [3.63, 3.8) is 0 Å². The molecule has 0 radical (unpaired) electrons. The number of carbonyl (C=O) groups is 1. The number of anilines is 1. The summed E-state index contributed by atoms with van der Waals surface area (Å²) < 4.78 is 5.23. The maximum Gasteiger partial charge on any atom is 0.345 e. The number of carboxylic acids is 1. The maximum absolute atomic E-state index is 11.3. The number of hydrogen-bond donors (Lipinski definition) is 3. The number of aliphatic hydroxyl groups is 1. The van der Waals surface area contributed by atoms with Crippen molar-refractivity contribution in [3.8, 4) is 23.3 Å². The first-order valence-electron chi connectivity index (χ1n) is 6.64. The fraction of sp³-hybridized carbons (Fsp3) is 0.200. The van der Waals surface area contributed by atoms with Crippen LogP contribution in [0.5, 0.6) is 5.88 Å². The van der Waals surface area contributed by atoms with E-state index >= 15 is 0 Å². The molecule has 4 N–H and O–H groups in total. The predicted octanol–water partition coefficient (Wildman–Crippen LogP) is 1.06. The average molecular weight is 314 g/mol. The molecule has 0 unspecified atom stereocenters. The Bertz CT molecular complexity index is 784. The largest absolute Gasteiger partial charge is 0.477 e. The maximum atomic E-state index is 11.3. The summed E-state index contributed by atoms with van der Waals surface area (Å²) in [5, 5.41) is 27.4. The van der Waals surface area contributed by atoms with Gasteiger partial charge in [-0.1, -0.05) is 12.1 Å². The predicted molar refractivity (Wildman–Crippen MR) is 80.7 cm³/mol. The van der Waals surface area contributed by atoms with Crippen LogP contribution in [0.1, 0.15) is 22.8 Å². The fourth-order valence-electron chi connectivity index (χ4n) is 1.82. The zero-order valence-corrected chi connectivity index (χ0v) is 12.2. The first kappa shape index (κ1) is 16.2. The van der Waals surface area contributed by atoms with E-state index in [2.05, 4.69) is 9.97 Å². The molecular weight excluding hydrogens is 300 g/mol. The number of aliphatic hydroxyl groups excluding tert-OH is 1. The molecule has 1 heterocycles. The first-order chi connectivity index (χ1) is 10.9. The van der Waals surface area contributed by atoms with Crippen LogP contribution in [0.3, 0.4) is 0 Å². The highest BCUT2D eigenvalue weighted by atomic mass is 16.5. The molecule has 0 fully saturated rings. The molecular formula is C15H14N4O4. The van der Waals surface area contributed by atoms with E-state index in [-0.39, 0.29) is 29.7 Å². The van der Waals surface area contributed by atoms with Crippen LogP contribution in [-0.2, 0) is 0 Å². The molecule has 0 aliphatic rings. The SMILES string of the molecule is C[C@H](O)COc1nc(-c2cccc(C#N)c2)nc(N)c1C(=O)O. The van der Waals surface area contributed by atoms with E-state index in [1.165, 1.54) is 6.92 Å². The molecule has 0 spiro atoms. The van der Waals surface area contributed by atoms with Crippen LogP contribution in [-0.4, -0.2) is 38.9 Å². The lowest BCUT2D eigenvalue weighted by molar-refractivity contribution is 0.0684. The molecule has 8 nitrogen and oxygen atoms in total. The molecule has 0 bridgehead atoms. The van der Waals surface area contributed by atoms with Crippen molar-refractivity contribution < 1.29 is 19.7 Å². The summed E-state index contributed by atoms with van der Waals surface area (Å²) in [5.41, 5.74) is 6.22. The zero-order valence-electron chi connectivity index (χ0n) is 12.2. The van der Waals surface area contributed by atoms with Crippen molar-refractivity contribution in [2.75, 3.05) is 12.3 Å². The van der Waals surface area contributed by atoms with Gasteiger partial charge in [-0.3, -0.25) is 0 Å². The topological polar surface area (TPSA) is 142 Å². The zero-order chi connectivity index (χ0) is 17.0. The van der Waals surface area contributed by atoms with Crippen LogP contribution in [0.2, 0.25) is 0 Å². The minimum atomic E-state index is -1.33. The summed E-state index contributed by atoms with van der Waals surface area (Å²) in [5.74, 6) is -1.70. The van der Waals surface area contributed by atoms with Gasteiger partial charge in [0.15, 0.2) is 11.4 Å². The van der Waals surface area contributed by atoms with Crippen molar-refractivity contribution in [3.05, 3.63) is 35.4 Å². The lowest BCUT2D eigenvalue weighted by Gasteiger charge is -2.12. The molecule has 2 aromatic rings. The number of hydrogen-bond acceptors (Lipinski definition) is 7. The molecule has 2 rings (SSSR count). The van der Waals surface area contributed by atoms with Gasteiger partial charge in [0.1, 0.15) is 12.4 Å². The Kier molecular flexibility index (Phi) is 4.73. The van der Waals surface area contributed by atoms with E-state index < -0.39 is 12.1 Å². The van der Waals surface area contributed by atoms with Gasteiger partial charge in [-0.2, -0.15) is 10.2 Å². The number of benzene rings is 1. The molecule has 1 atom stereocenters. The number of aromatic carboxylic acids is 1. The highest BCUT2D eigenvalue weighted by Crippen LogP contribution is 2.26. The third-order valence-corrected chi connectivity index (χ3v) is 2.83. The summed E-state index contributed by atoms with van der Waals surface area (Å²) in [6.45, 7) is 1.34. The van der Waals surface area contributed by atoms with Crippen LogP contribution < -0.4 is 10.5 Å². The number of nitrogen functional groups attached to an aromatic ring is 1. The number of carboxylic acid groups (broad SMARTS) is 1. The van der Waals surface area contributed by atoms with E-state index in [1.807, 2.05) is 6.07 Å². The van der Waals surface area contributed by atoms with Crippen LogP contribution in [0.15, 0.2) is 24.3 Å². The minimum absolute atomic E-state index is 0.130. The second-order valence-electron chi connectivity index (χ2n) is 4.77. The highest BCUT2D eigenvalue weighted by molar-refractivity contribution is 5.95. The Morgan fingerprint density at radius 2 is 2.22 bits per heavy atom. The molecule has 0 aliphatic heterocycles. The summed E-state index contributed by atoms with van der Waals surface area (Å²) in [6, 6.07) is 8.46. The summed E-state index contributed by atoms with van der Waals surface area (Å²) in [6.07, 6.45) is -0.807. The Morgan fingerprint density at radius 3 is 2.83 bits per heavy atom. The van der Waals surface area contributed by atoms with Crippen molar-refractivity contribution in [2.24, 2.45) is 0 Å². The van der Waals surface area contributed by atoms with Crippen molar-refractivity contribution in [2.45, 2.75) is 13.0 Å². The fourth-order valence-corrected chi connectivity index (χ4v) is 1.82. The van der Waals surface area contributed by atoms with Gasteiger partial charge in [0, 0.05) is 5.56 Å². The number of rotatable bonds is 5. The second kappa shape index (κ2) is 6.72. The van der Waals surface area contributed by atoms with Gasteiger partial charge in [0.05, 0.1) is 17.7 Å². The average Bonchev–Trinajstić information content (AvgIpc) is 2.52. The smallest absolute Gasteiger partial charge is 0.345 e. The van der Waals surface area contributed by atoms with Gasteiger partial charge < -0.3 is 20.7 Å². The highest BCUT2D eigenvalue weighted by Gasteiger charge is 2.21. The standard InChI is InChI=1S/C15H14N4O4/c1-8(20)7-23-14-11(15(21)22)12(17)18-13(19-14)10-4-2-3-9(5-10)6-16/h2-5,8,20H,7H2,1H3,(H,21,22)(H2,17,18,19)/t8-/m0/s1. The lowest BCUT2D eigenvalue weighted by Crippen LogP contribution is -2.17. The Labute approximate surface area is 131 Å². The van der Waals surface area contributed by atoms with Gasteiger partial charge in [-0.05, 0) is 19.1 Å². The molecule has 1 aromatic carbocycles. The Morgan fingerprint density at radius 1 is 1.48 bits per heavy atom. The molecule has 0 saturated heterocycles. The molecule has 23 heavy (non-hydrogen) atoms. The van der Waals surface area contributed by atoms with Crippen molar-refractivity contribution in [1.82, 2.24) is 9.97 Å². The number of nitrogens with zero attached hydrogens (tertiary/aromatic N) is 3. The van der Waals surface area contributed by atoms with E-state index in [4.69, 9.17) is 15.7 Å². The van der Waals surface area contributed by atoms with Crippen molar-refractivity contribution >= 4 is 11.8 Å². The summed E-state index contributed by atoms with van der Waals surface area (Å²) in [7, 11) is 0. The normalized spacial score (nSPS) is 11.5. The molecule has 0 amide bonds. The van der Waals surface area contributed by atoms with Crippen LogP contribution in [0, 0.1) is 11.3 Å². The molecule has 0 saturated carbocycles. The van der Waals surface area contributed by atoms with Gasteiger partial charge in [0.25, 0.3) is 0 Å². The van der Waals surface area contributed by atoms with Gasteiger partial charge >= 0.3 is 5.97 Å². The third-order valence-electron chi connectivity index (χ3n) is 2.83. The summed E-state index contributed by atoms with van der Waals surface area (Å²) in [4.78, 5) is 19.3. The first-order valence-corrected chi connectivity index (χ1v) is 6.64. The van der Waals surface area contributed by atoms with Crippen LogP contribution in [0.4, 0.5) is 5.82 Å². The third kappa shape index (κ3) is 3.72. The molecule has 118 valence electrons. The van der Waals surface area contributed by atoms with E-state index in [1.54, 1.807) is 24.3 Å². The van der Waals surface area contributed by atoms with Gasteiger partial charge in [-0.25, -0.2) is 9.78 Å². The quantitative estimate of drug-likeness (QED) is 0.743. The molecule has 1 aromatic heterocycles.